The zero-order valence-corrected chi connectivity index (χ0v) is 13.1. The predicted octanol–water partition coefficient (Wildman–Crippen LogP) is 4.19. The molecule has 0 saturated carbocycles. The molecule has 1 heterocycles. The number of aromatic hydroxyl groups is 2. The van der Waals surface area contributed by atoms with Gasteiger partial charge in [0, 0.05) is 21.8 Å². The quantitative estimate of drug-likeness (QED) is 0.791. The van der Waals surface area contributed by atoms with Gasteiger partial charge in [-0.2, -0.15) is 0 Å². The van der Waals surface area contributed by atoms with Crippen molar-refractivity contribution in [2.24, 2.45) is 0 Å². The molecular weight excluding hydrogens is 270 g/mol. The number of benzene rings is 1. The Morgan fingerprint density at radius 2 is 1.65 bits per heavy atom. The molecule has 2 atom stereocenters. The maximum Gasteiger partial charge on any atom is 0.124 e. The summed E-state index contributed by atoms with van der Waals surface area (Å²) in [7, 11) is 0. The molecule has 0 fully saturated rings. The normalized spacial score (nSPS) is 14.2. The number of phenols is 2. The molecule has 20 heavy (non-hydrogen) atoms. The molecule has 0 aliphatic rings. The van der Waals surface area contributed by atoms with Crippen molar-refractivity contribution in [2.45, 2.75) is 39.8 Å². The van der Waals surface area contributed by atoms with Crippen LogP contribution in [-0.4, -0.2) is 10.2 Å². The standard InChI is InChI=1S/C16H21NO2S/c1-9-8-13(12(4)20-9)10(2)17-11(3)16-14(18)6-5-7-15(16)19/h5-8,10-11,17-19H,1-4H3. The lowest BCUT2D eigenvalue weighted by molar-refractivity contribution is 0.407. The lowest BCUT2D eigenvalue weighted by atomic mass is 10.0. The first-order valence-electron chi connectivity index (χ1n) is 6.74. The van der Waals surface area contributed by atoms with Gasteiger partial charge in [-0.1, -0.05) is 6.07 Å². The van der Waals surface area contributed by atoms with Crippen molar-refractivity contribution in [1.82, 2.24) is 5.32 Å². The van der Waals surface area contributed by atoms with Crippen molar-refractivity contribution in [3.05, 3.63) is 45.1 Å². The molecule has 2 aromatic rings. The van der Waals surface area contributed by atoms with Crippen LogP contribution in [-0.2, 0) is 0 Å². The highest BCUT2D eigenvalue weighted by atomic mass is 32.1. The predicted molar refractivity (Wildman–Crippen MR) is 83.5 cm³/mol. The molecule has 0 bridgehead atoms. The molecule has 0 spiro atoms. The number of hydrogen-bond donors (Lipinski definition) is 3. The van der Waals surface area contributed by atoms with E-state index in [9.17, 15) is 10.2 Å². The van der Waals surface area contributed by atoms with Gasteiger partial charge in [-0.05, 0) is 51.5 Å². The van der Waals surface area contributed by atoms with E-state index in [1.165, 1.54) is 15.3 Å². The van der Waals surface area contributed by atoms with E-state index in [2.05, 4.69) is 32.2 Å². The molecule has 0 aliphatic carbocycles. The SMILES string of the molecule is Cc1cc(C(C)NC(C)c2c(O)cccc2O)c(C)s1. The van der Waals surface area contributed by atoms with Gasteiger partial charge in [0.15, 0.2) is 0 Å². The second-order valence-electron chi connectivity index (χ2n) is 5.19. The molecule has 0 aliphatic heterocycles. The van der Waals surface area contributed by atoms with Gasteiger partial charge < -0.3 is 15.5 Å². The van der Waals surface area contributed by atoms with Gasteiger partial charge in [0.1, 0.15) is 11.5 Å². The molecule has 0 saturated heterocycles. The average molecular weight is 291 g/mol. The van der Waals surface area contributed by atoms with Gasteiger partial charge in [-0.15, -0.1) is 11.3 Å². The Morgan fingerprint density at radius 3 is 2.15 bits per heavy atom. The van der Waals surface area contributed by atoms with Crippen LogP contribution in [0.25, 0.3) is 0 Å². The number of nitrogens with one attached hydrogen (secondary N) is 1. The Bertz CT molecular complexity index is 586. The molecule has 1 aromatic heterocycles. The van der Waals surface area contributed by atoms with E-state index < -0.39 is 0 Å². The smallest absolute Gasteiger partial charge is 0.124 e. The average Bonchev–Trinajstić information content (AvgIpc) is 2.68. The summed E-state index contributed by atoms with van der Waals surface area (Å²) < 4.78 is 0. The third kappa shape index (κ3) is 2.97. The Morgan fingerprint density at radius 1 is 1.05 bits per heavy atom. The van der Waals surface area contributed by atoms with Crippen LogP contribution in [0.2, 0.25) is 0 Å². The molecule has 2 unspecified atom stereocenters. The summed E-state index contributed by atoms with van der Waals surface area (Å²) in [6.45, 7) is 8.27. The van der Waals surface area contributed by atoms with E-state index in [1.54, 1.807) is 29.5 Å². The Hall–Kier alpha value is -1.52. The first-order valence-corrected chi connectivity index (χ1v) is 7.55. The van der Waals surface area contributed by atoms with E-state index in [-0.39, 0.29) is 23.6 Å². The van der Waals surface area contributed by atoms with Crippen molar-refractivity contribution >= 4 is 11.3 Å². The number of aryl methyl sites for hydroxylation is 2. The minimum Gasteiger partial charge on any atom is -0.507 e. The van der Waals surface area contributed by atoms with Crippen LogP contribution in [0.3, 0.4) is 0 Å². The highest BCUT2D eigenvalue weighted by Gasteiger charge is 2.19. The van der Waals surface area contributed by atoms with Crippen LogP contribution in [0.5, 0.6) is 11.5 Å². The lowest BCUT2D eigenvalue weighted by Gasteiger charge is -2.22. The summed E-state index contributed by atoms with van der Waals surface area (Å²) >= 11 is 1.79. The molecule has 3 nitrogen and oxygen atoms in total. The topological polar surface area (TPSA) is 52.5 Å². The zero-order valence-electron chi connectivity index (χ0n) is 12.3. The molecule has 0 radical (unpaired) electrons. The van der Waals surface area contributed by atoms with Crippen molar-refractivity contribution in [3.8, 4) is 11.5 Å². The summed E-state index contributed by atoms with van der Waals surface area (Å²) in [6.07, 6.45) is 0. The largest absolute Gasteiger partial charge is 0.507 e. The van der Waals surface area contributed by atoms with Crippen molar-refractivity contribution in [3.63, 3.8) is 0 Å². The summed E-state index contributed by atoms with van der Waals surface area (Å²) in [5.41, 5.74) is 1.82. The molecule has 0 amide bonds. The Labute approximate surface area is 123 Å². The fourth-order valence-corrected chi connectivity index (χ4v) is 3.64. The second-order valence-corrected chi connectivity index (χ2v) is 6.65. The number of thiophene rings is 1. The van der Waals surface area contributed by atoms with Crippen LogP contribution < -0.4 is 5.32 Å². The number of phenolic OH excluding ortho intramolecular Hbond substituents is 2. The first-order chi connectivity index (χ1) is 9.40. The second kappa shape index (κ2) is 5.85. The molecule has 4 heteroatoms. The van der Waals surface area contributed by atoms with Gasteiger partial charge in [-0.25, -0.2) is 0 Å². The highest BCUT2D eigenvalue weighted by Crippen LogP contribution is 2.34. The first kappa shape index (κ1) is 14.9. The lowest BCUT2D eigenvalue weighted by Crippen LogP contribution is -2.22. The number of rotatable bonds is 4. The third-order valence-electron chi connectivity index (χ3n) is 3.54. The minimum atomic E-state index is -0.134. The fourth-order valence-electron chi connectivity index (χ4n) is 2.61. The maximum absolute atomic E-state index is 9.91. The Kier molecular flexibility index (Phi) is 4.35. The van der Waals surface area contributed by atoms with E-state index in [1.807, 2.05) is 6.92 Å². The third-order valence-corrected chi connectivity index (χ3v) is 4.52. The fraction of sp³-hybridized carbons (Fsp3) is 0.375. The van der Waals surface area contributed by atoms with Gasteiger partial charge in [0.25, 0.3) is 0 Å². The van der Waals surface area contributed by atoms with Gasteiger partial charge in [0.2, 0.25) is 0 Å². The molecule has 108 valence electrons. The van der Waals surface area contributed by atoms with E-state index >= 15 is 0 Å². The van der Waals surface area contributed by atoms with Crippen LogP contribution in [0.1, 0.15) is 46.8 Å². The van der Waals surface area contributed by atoms with Crippen LogP contribution in [0.15, 0.2) is 24.3 Å². The van der Waals surface area contributed by atoms with E-state index in [0.29, 0.717) is 5.56 Å². The van der Waals surface area contributed by atoms with Crippen molar-refractivity contribution in [2.75, 3.05) is 0 Å². The molecular formula is C16H21NO2S. The molecule has 1 aromatic carbocycles. The summed E-state index contributed by atoms with van der Waals surface area (Å²) in [5.74, 6) is 0.242. The summed E-state index contributed by atoms with van der Waals surface area (Å²) in [4.78, 5) is 2.60. The number of hydrogen-bond acceptors (Lipinski definition) is 4. The van der Waals surface area contributed by atoms with Crippen LogP contribution in [0, 0.1) is 13.8 Å². The van der Waals surface area contributed by atoms with Gasteiger partial charge in [-0.3, -0.25) is 0 Å². The minimum absolute atomic E-state index is 0.121. The van der Waals surface area contributed by atoms with Gasteiger partial charge in [0.05, 0.1) is 5.56 Å². The van der Waals surface area contributed by atoms with Crippen LogP contribution >= 0.6 is 11.3 Å². The zero-order chi connectivity index (χ0) is 14.9. The monoisotopic (exact) mass is 291 g/mol. The van der Waals surface area contributed by atoms with E-state index in [4.69, 9.17) is 0 Å². The highest BCUT2D eigenvalue weighted by molar-refractivity contribution is 7.12. The summed E-state index contributed by atoms with van der Waals surface area (Å²) in [6, 6.07) is 7.04. The van der Waals surface area contributed by atoms with Crippen molar-refractivity contribution in [1.29, 1.82) is 0 Å². The molecule has 2 rings (SSSR count). The van der Waals surface area contributed by atoms with Crippen molar-refractivity contribution < 1.29 is 10.2 Å². The maximum atomic E-state index is 9.91. The molecule has 3 N–H and O–H groups in total. The van der Waals surface area contributed by atoms with E-state index in [0.717, 1.165) is 0 Å². The van der Waals surface area contributed by atoms with Crippen LogP contribution in [0.4, 0.5) is 0 Å². The van der Waals surface area contributed by atoms with Gasteiger partial charge >= 0.3 is 0 Å². The summed E-state index contributed by atoms with van der Waals surface area (Å²) in [5, 5.41) is 23.2. The Balaban J connectivity index is 2.19.